The van der Waals surface area contributed by atoms with E-state index in [0.717, 1.165) is 25.3 Å². The molecule has 3 nitrogen and oxygen atoms in total. The van der Waals surface area contributed by atoms with E-state index in [-0.39, 0.29) is 0 Å². The van der Waals surface area contributed by atoms with Gasteiger partial charge in [-0.25, -0.2) is 0 Å². The van der Waals surface area contributed by atoms with Crippen LogP contribution in [0, 0.1) is 6.92 Å². The molecule has 0 spiro atoms. The predicted molar refractivity (Wildman–Crippen MR) is 77.7 cm³/mol. The summed E-state index contributed by atoms with van der Waals surface area (Å²) in [4.78, 5) is 6.89. The molecule has 1 aromatic heterocycles. The zero-order valence-electron chi connectivity index (χ0n) is 12.4. The average molecular weight is 249 g/mol. The maximum atomic E-state index is 4.39. The summed E-state index contributed by atoms with van der Waals surface area (Å²) < 4.78 is 0. The summed E-state index contributed by atoms with van der Waals surface area (Å²) in [6.07, 6.45) is 1.86. The molecule has 0 saturated heterocycles. The minimum atomic E-state index is 0.600. The fourth-order valence-electron chi connectivity index (χ4n) is 2.23. The molecule has 102 valence electrons. The van der Waals surface area contributed by atoms with Crippen molar-refractivity contribution in [2.24, 2.45) is 0 Å². The third-order valence-electron chi connectivity index (χ3n) is 3.28. The van der Waals surface area contributed by atoms with Crippen molar-refractivity contribution in [1.29, 1.82) is 0 Å². The van der Waals surface area contributed by atoms with Gasteiger partial charge < -0.3 is 5.32 Å². The number of rotatable bonds is 7. The van der Waals surface area contributed by atoms with Crippen LogP contribution in [0.4, 0.5) is 0 Å². The van der Waals surface area contributed by atoms with Crippen molar-refractivity contribution in [2.75, 3.05) is 13.1 Å². The molecule has 1 N–H and O–H groups in total. The number of pyridine rings is 1. The number of aryl methyl sites for hydroxylation is 1. The first-order valence-corrected chi connectivity index (χ1v) is 6.89. The van der Waals surface area contributed by atoms with Gasteiger partial charge >= 0.3 is 0 Å². The van der Waals surface area contributed by atoms with E-state index < -0.39 is 0 Å². The van der Waals surface area contributed by atoms with E-state index in [9.17, 15) is 0 Å². The molecule has 3 heteroatoms. The Balaban J connectivity index is 2.32. The molecule has 0 saturated carbocycles. The molecule has 0 atom stereocenters. The predicted octanol–water partition coefficient (Wildman–Crippen LogP) is 2.60. The summed E-state index contributed by atoms with van der Waals surface area (Å²) in [7, 11) is 0. The Labute approximate surface area is 112 Å². The van der Waals surface area contributed by atoms with E-state index in [1.807, 2.05) is 12.3 Å². The number of hydrogen-bond donors (Lipinski definition) is 1. The third kappa shape index (κ3) is 4.75. The monoisotopic (exact) mass is 249 g/mol. The third-order valence-corrected chi connectivity index (χ3v) is 3.28. The molecule has 0 aliphatic rings. The molecular formula is C15H27N3. The van der Waals surface area contributed by atoms with Gasteiger partial charge in [0.15, 0.2) is 0 Å². The largest absolute Gasteiger partial charge is 0.310 e. The quantitative estimate of drug-likeness (QED) is 0.753. The molecule has 1 rings (SSSR count). The number of aromatic nitrogens is 1. The summed E-state index contributed by atoms with van der Waals surface area (Å²) in [5.74, 6) is 0. The molecule has 0 unspecified atom stereocenters. The van der Waals surface area contributed by atoms with Crippen LogP contribution >= 0.6 is 0 Å². The molecular weight excluding hydrogens is 222 g/mol. The topological polar surface area (TPSA) is 28.2 Å². The van der Waals surface area contributed by atoms with Crippen LogP contribution in [0.1, 0.15) is 39.0 Å². The first-order chi connectivity index (χ1) is 8.52. The summed E-state index contributed by atoms with van der Waals surface area (Å²) in [5, 5.41) is 3.48. The van der Waals surface area contributed by atoms with Gasteiger partial charge in [0.2, 0.25) is 0 Å². The highest BCUT2D eigenvalue weighted by Gasteiger charge is 2.12. The van der Waals surface area contributed by atoms with Crippen molar-refractivity contribution < 1.29 is 0 Å². The molecule has 0 radical (unpaired) electrons. The zero-order valence-corrected chi connectivity index (χ0v) is 12.4. The van der Waals surface area contributed by atoms with Crippen molar-refractivity contribution in [3.63, 3.8) is 0 Å². The van der Waals surface area contributed by atoms with Crippen LogP contribution in [0.3, 0.4) is 0 Å². The van der Waals surface area contributed by atoms with Gasteiger partial charge in [0.25, 0.3) is 0 Å². The van der Waals surface area contributed by atoms with E-state index in [0.29, 0.717) is 12.1 Å². The first kappa shape index (κ1) is 15.1. The molecule has 0 aliphatic carbocycles. The summed E-state index contributed by atoms with van der Waals surface area (Å²) in [6, 6.07) is 5.29. The van der Waals surface area contributed by atoms with Crippen LogP contribution in [0.25, 0.3) is 0 Å². The lowest BCUT2D eigenvalue weighted by molar-refractivity contribution is 0.175. The molecule has 18 heavy (non-hydrogen) atoms. The van der Waals surface area contributed by atoms with Crippen LogP contribution in [0.2, 0.25) is 0 Å². The second-order valence-corrected chi connectivity index (χ2v) is 5.37. The van der Waals surface area contributed by atoms with Gasteiger partial charge in [-0.3, -0.25) is 9.88 Å². The van der Waals surface area contributed by atoms with E-state index in [2.05, 4.69) is 55.9 Å². The van der Waals surface area contributed by atoms with Crippen LogP contribution in [-0.2, 0) is 6.54 Å². The van der Waals surface area contributed by atoms with Gasteiger partial charge in [0, 0.05) is 37.9 Å². The van der Waals surface area contributed by atoms with Crippen molar-refractivity contribution in [2.45, 2.75) is 53.2 Å². The van der Waals surface area contributed by atoms with Gasteiger partial charge in [0.1, 0.15) is 0 Å². The Morgan fingerprint density at radius 3 is 2.44 bits per heavy atom. The van der Waals surface area contributed by atoms with Crippen LogP contribution in [0.5, 0.6) is 0 Å². The first-order valence-electron chi connectivity index (χ1n) is 6.89. The van der Waals surface area contributed by atoms with E-state index in [1.54, 1.807) is 0 Å². The van der Waals surface area contributed by atoms with Crippen LogP contribution in [0.15, 0.2) is 18.3 Å². The number of nitrogens with zero attached hydrogens (tertiary/aromatic N) is 2. The molecule has 0 bridgehead atoms. The Bertz CT molecular complexity index is 339. The molecule has 0 fully saturated rings. The zero-order chi connectivity index (χ0) is 13.5. The number of hydrogen-bond acceptors (Lipinski definition) is 3. The average Bonchev–Trinajstić information content (AvgIpc) is 2.30. The highest BCUT2D eigenvalue weighted by atomic mass is 15.2. The Morgan fingerprint density at radius 2 is 1.89 bits per heavy atom. The van der Waals surface area contributed by atoms with Crippen LogP contribution < -0.4 is 5.32 Å². The minimum Gasteiger partial charge on any atom is -0.310 e. The smallest absolute Gasteiger partial charge is 0.0570 e. The Kier molecular flexibility index (Phi) is 6.30. The highest BCUT2D eigenvalue weighted by Crippen LogP contribution is 2.04. The molecule has 0 amide bonds. The Hall–Kier alpha value is -0.930. The fraction of sp³-hybridized carbons (Fsp3) is 0.667. The van der Waals surface area contributed by atoms with Gasteiger partial charge in [-0.2, -0.15) is 0 Å². The standard InChI is InChI=1S/C15H27N3/c1-12(2)18(13(3)4)10-9-16-11-15-14(5)7-6-8-17-15/h6-8,12-13,16H,9-11H2,1-5H3. The highest BCUT2D eigenvalue weighted by molar-refractivity contribution is 5.17. The summed E-state index contributed by atoms with van der Waals surface area (Å²) in [5.41, 5.74) is 2.41. The molecule has 0 aliphatic heterocycles. The Morgan fingerprint density at radius 1 is 1.22 bits per heavy atom. The molecule has 0 aromatic carbocycles. The lowest BCUT2D eigenvalue weighted by Crippen LogP contribution is -2.41. The second kappa shape index (κ2) is 7.49. The minimum absolute atomic E-state index is 0.600. The van der Waals surface area contributed by atoms with Crippen molar-refractivity contribution in [1.82, 2.24) is 15.2 Å². The summed E-state index contributed by atoms with van der Waals surface area (Å²) >= 11 is 0. The van der Waals surface area contributed by atoms with E-state index >= 15 is 0 Å². The van der Waals surface area contributed by atoms with Crippen molar-refractivity contribution in [3.05, 3.63) is 29.6 Å². The normalized spacial score (nSPS) is 11.8. The second-order valence-electron chi connectivity index (χ2n) is 5.37. The van der Waals surface area contributed by atoms with E-state index in [1.165, 1.54) is 5.56 Å². The van der Waals surface area contributed by atoms with Gasteiger partial charge in [-0.15, -0.1) is 0 Å². The maximum absolute atomic E-state index is 4.39. The van der Waals surface area contributed by atoms with Crippen LogP contribution in [-0.4, -0.2) is 35.1 Å². The van der Waals surface area contributed by atoms with Gasteiger partial charge in [-0.05, 0) is 46.2 Å². The lowest BCUT2D eigenvalue weighted by Gasteiger charge is -2.30. The molecule has 1 heterocycles. The lowest BCUT2D eigenvalue weighted by atomic mass is 10.2. The van der Waals surface area contributed by atoms with Crippen molar-refractivity contribution in [3.8, 4) is 0 Å². The number of nitrogens with one attached hydrogen (secondary N) is 1. The maximum Gasteiger partial charge on any atom is 0.0570 e. The molecule has 1 aromatic rings. The SMILES string of the molecule is Cc1cccnc1CNCCN(C(C)C)C(C)C. The van der Waals surface area contributed by atoms with Gasteiger partial charge in [-0.1, -0.05) is 6.07 Å². The fourth-order valence-corrected chi connectivity index (χ4v) is 2.23. The van der Waals surface area contributed by atoms with Gasteiger partial charge in [0.05, 0.1) is 5.69 Å². The summed E-state index contributed by atoms with van der Waals surface area (Å²) in [6.45, 7) is 14.1. The van der Waals surface area contributed by atoms with E-state index in [4.69, 9.17) is 0 Å². The van der Waals surface area contributed by atoms with Crippen molar-refractivity contribution >= 4 is 0 Å².